The number of pyridine rings is 1. The molecular formula is C12H15N3O2. The van der Waals surface area contributed by atoms with Crippen molar-refractivity contribution in [1.82, 2.24) is 14.6 Å². The van der Waals surface area contributed by atoms with Crippen LogP contribution in [-0.4, -0.2) is 25.7 Å². The lowest BCUT2D eigenvalue weighted by Crippen LogP contribution is -2.19. The monoisotopic (exact) mass is 233 g/mol. The van der Waals surface area contributed by atoms with E-state index in [1.54, 1.807) is 4.52 Å². The lowest BCUT2D eigenvalue weighted by atomic mass is 9.95. The number of carboxylic acids is 1. The molecule has 0 aliphatic carbocycles. The summed E-state index contributed by atoms with van der Waals surface area (Å²) in [6.45, 7) is 5.63. The molecule has 1 atom stereocenters. The molecule has 5 nitrogen and oxygen atoms in total. The smallest absolute Gasteiger partial charge is 0.314 e. The second-order valence-electron chi connectivity index (χ2n) is 4.47. The Labute approximate surface area is 99.1 Å². The summed E-state index contributed by atoms with van der Waals surface area (Å²) < 4.78 is 1.67. The van der Waals surface area contributed by atoms with Gasteiger partial charge < -0.3 is 5.11 Å². The third kappa shape index (κ3) is 2.00. The van der Waals surface area contributed by atoms with Gasteiger partial charge in [-0.05, 0) is 25.0 Å². The second-order valence-corrected chi connectivity index (χ2v) is 4.47. The van der Waals surface area contributed by atoms with Crippen molar-refractivity contribution >= 4 is 11.6 Å². The maximum atomic E-state index is 11.2. The van der Waals surface area contributed by atoms with Crippen LogP contribution in [0.2, 0.25) is 0 Å². The highest BCUT2D eigenvalue weighted by Gasteiger charge is 2.28. The molecule has 90 valence electrons. The molecule has 0 aliphatic rings. The number of carboxylic acid groups (broad SMARTS) is 1. The van der Waals surface area contributed by atoms with Gasteiger partial charge in [0.1, 0.15) is 5.92 Å². The molecule has 0 aromatic carbocycles. The van der Waals surface area contributed by atoms with E-state index in [2.05, 4.69) is 10.1 Å². The largest absolute Gasteiger partial charge is 0.481 e. The molecule has 5 heteroatoms. The zero-order valence-corrected chi connectivity index (χ0v) is 10.1. The number of aromatic nitrogens is 3. The fourth-order valence-corrected chi connectivity index (χ4v) is 1.88. The minimum Gasteiger partial charge on any atom is -0.481 e. The van der Waals surface area contributed by atoms with Gasteiger partial charge in [0, 0.05) is 5.69 Å². The van der Waals surface area contributed by atoms with E-state index >= 15 is 0 Å². The summed E-state index contributed by atoms with van der Waals surface area (Å²) >= 11 is 0. The fourth-order valence-electron chi connectivity index (χ4n) is 1.88. The first-order valence-electron chi connectivity index (χ1n) is 5.56. The van der Waals surface area contributed by atoms with E-state index in [-0.39, 0.29) is 5.92 Å². The molecule has 2 aromatic rings. The topological polar surface area (TPSA) is 67.5 Å². The average molecular weight is 233 g/mol. The van der Waals surface area contributed by atoms with E-state index < -0.39 is 11.9 Å². The first kappa shape index (κ1) is 11.6. The highest BCUT2D eigenvalue weighted by Crippen LogP contribution is 2.22. The predicted octanol–water partition coefficient (Wildman–Crippen LogP) is 1.86. The van der Waals surface area contributed by atoms with Crippen LogP contribution in [-0.2, 0) is 4.79 Å². The summed E-state index contributed by atoms with van der Waals surface area (Å²) in [6.07, 6.45) is 0. The Morgan fingerprint density at radius 1 is 1.41 bits per heavy atom. The highest BCUT2D eigenvalue weighted by atomic mass is 16.4. The van der Waals surface area contributed by atoms with Crippen LogP contribution < -0.4 is 0 Å². The van der Waals surface area contributed by atoms with Gasteiger partial charge in [0.15, 0.2) is 11.5 Å². The van der Waals surface area contributed by atoms with Gasteiger partial charge in [-0.25, -0.2) is 9.50 Å². The Kier molecular flexibility index (Phi) is 2.83. The molecule has 1 unspecified atom stereocenters. The number of carbonyl (C=O) groups is 1. The molecule has 1 N–H and O–H groups in total. The lowest BCUT2D eigenvalue weighted by Gasteiger charge is -2.11. The SMILES string of the molecule is Cc1cccc2nc(C(C(=O)O)C(C)C)nn12. The van der Waals surface area contributed by atoms with Crippen molar-refractivity contribution in [2.75, 3.05) is 0 Å². The van der Waals surface area contributed by atoms with Crippen LogP contribution in [0.3, 0.4) is 0 Å². The van der Waals surface area contributed by atoms with Crippen LogP contribution in [0.1, 0.15) is 31.3 Å². The van der Waals surface area contributed by atoms with Crippen molar-refractivity contribution < 1.29 is 9.90 Å². The highest BCUT2D eigenvalue weighted by molar-refractivity contribution is 5.75. The van der Waals surface area contributed by atoms with Crippen LogP contribution in [0, 0.1) is 12.8 Å². The third-order valence-corrected chi connectivity index (χ3v) is 2.78. The number of rotatable bonds is 3. The van der Waals surface area contributed by atoms with Gasteiger partial charge in [-0.2, -0.15) is 5.10 Å². The Bertz CT molecular complexity index is 560. The van der Waals surface area contributed by atoms with E-state index in [9.17, 15) is 9.90 Å². The summed E-state index contributed by atoms with van der Waals surface area (Å²) in [7, 11) is 0. The van der Waals surface area contributed by atoms with Crippen molar-refractivity contribution in [2.24, 2.45) is 5.92 Å². The quantitative estimate of drug-likeness (QED) is 0.878. The van der Waals surface area contributed by atoms with Crippen molar-refractivity contribution in [3.63, 3.8) is 0 Å². The fraction of sp³-hybridized carbons (Fsp3) is 0.417. The molecular weight excluding hydrogens is 218 g/mol. The van der Waals surface area contributed by atoms with E-state index in [1.807, 2.05) is 39.0 Å². The maximum Gasteiger partial charge on any atom is 0.314 e. The average Bonchev–Trinajstić information content (AvgIpc) is 2.61. The first-order valence-corrected chi connectivity index (χ1v) is 5.56. The number of hydrogen-bond acceptors (Lipinski definition) is 3. The Hall–Kier alpha value is -1.91. The predicted molar refractivity (Wildman–Crippen MR) is 62.9 cm³/mol. The van der Waals surface area contributed by atoms with Crippen molar-refractivity contribution in [1.29, 1.82) is 0 Å². The van der Waals surface area contributed by atoms with Crippen LogP contribution in [0.4, 0.5) is 0 Å². The molecule has 0 saturated carbocycles. The minimum absolute atomic E-state index is 0.0368. The summed E-state index contributed by atoms with van der Waals surface area (Å²) in [5.74, 6) is -1.20. The van der Waals surface area contributed by atoms with Gasteiger partial charge in [0.25, 0.3) is 0 Å². The molecule has 0 saturated heterocycles. The molecule has 0 spiro atoms. The van der Waals surface area contributed by atoms with Crippen molar-refractivity contribution in [3.8, 4) is 0 Å². The van der Waals surface area contributed by atoms with Gasteiger partial charge in [0.2, 0.25) is 0 Å². The maximum absolute atomic E-state index is 11.2. The van der Waals surface area contributed by atoms with Gasteiger partial charge >= 0.3 is 5.97 Å². The third-order valence-electron chi connectivity index (χ3n) is 2.78. The summed E-state index contributed by atoms with van der Waals surface area (Å²) in [5.41, 5.74) is 1.63. The standard InChI is InChI=1S/C12H15N3O2/c1-7(2)10(12(16)17)11-13-9-6-4-5-8(3)15(9)14-11/h4-7,10H,1-3H3,(H,16,17). The van der Waals surface area contributed by atoms with Crippen LogP contribution >= 0.6 is 0 Å². The molecule has 17 heavy (non-hydrogen) atoms. The Balaban J connectivity index is 2.55. The summed E-state index contributed by atoms with van der Waals surface area (Å²) in [5, 5.41) is 13.5. The van der Waals surface area contributed by atoms with Crippen molar-refractivity contribution in [3.05, 3.63) is 29.7 Å². The number of aryl methyl sites for hydroxylation is 1. The Morgan fingerprint density at radius 2 is 2.12 bits per heavy atom. The van der Waals surface area contributed by atoms with Crippen molar-refractivity contribution in [2.45, 2.75) is 26.7 Å². The van der Waals surface area contributed by atoms with Gasteiger partial charge in [-0.15, -0.1) is 0 Å². The van der Waals surface area contributed by atoms with Gasteiger partial charge in [0.05, 0.1) is 0 Å². The number of nitrogens with zero attached hydrogens (tertiary/aromatic N) is 3. The normalized spacial score (nSPS) is 13.2. The van der Waals surface area contributed by atoms with E-state index in [4.69, 9.17) is 0 Å². The van der Waals surface area contributed by atoms with E-state index in [0.29, 0.717) is 11.5 Å². The Morgan fingerprint density at radius 3 is 2.65 bits per heavy atom. The second kappa shape index (κ2) is 4.16. The number of hydrogen-bond donors (Lipinski definition) is 1. The minimum atomic E-state index is -0.881. The number of aliphatic carboxylic acids is 1. The van der Waals surface area contributed by atoms with E-state index in [0.717, 1.165) is 5.69 Å². The molecule has 0 amide bonds. The summed E-state index contributed by atoms with van der Waals surface area (Å²) in [4.78, 5) is 15.5. The molecule has 2 rings (SSSR count). The zero-order chi connectivity index (χ0) is 12.6. The van der Waals surface area contributed by atoms with Gasteiger partial charge in [-0.1, -0.05) is 19.9 Å². The molecule has 2 heterocycles. The van der Waals surface area contributed by atoms with E-state index in [1.165, 1.54) is 0 Å². The zero-order valence-electron chi connectivity index (χ0n) is 10.1. The first-order chi connectivity index (χ1) is 8.00. The molecule has 0 fully saturated rings. The molecule has 0 aliphatic heterocycles. The van der Waals surface area contributed by atoms with Crippen LogP contribution in [0.5, 0.6) is 0 Å². The molecule has 0 radical (unpaired) electrons. The van der Waals surface area contributed by atoms with Crippen LogP contribution in [0.15, 0.2) is 18.2 Å². The lowest BCUT2D eigenvalue weighted by molar-refractivity contribution is -0.140. The molecule has 2 aromatic heterocycles. The number of fused-ring (bicyclic) bond motifs is 1. The van der Waals surface area contributed by atoms with Crippen LogP contribution in [0.25, 0.3) is 5.65 Å². The summed E-state index contributed by atoms with van der Waals surface area (Å²) in [6, 6.07) is 5.62. The molecule has 0 bridgehead atoms. The van der Waals surface area contributed by atoms with Gasteiger partial charge in [-0.3, -0.25) is 4.79 Å².